The molecule has 11 heavy (non-hydrogen) atoms. The highest BCUT2D eigenvalue weighted by atomic mass is 16.3. The fraction of sp³-hybridized carbons (Fsp3) is 1.00. The van der Waals surface area contributed by atoms with Gasteiger partial charge in [0.1, 0.15) is 0 Å². The third-order valence-electron chi connectivity index (χ3n) is 3.24. The highest BCUT2D eigenvalue weighted by Crippen LogP contribution is 2.34. The van der Waals surface area contributed by atoms with Crippen LogP contribution in [0.25, 0.3) is 0 Å². The number of nitrogens with one attached hydrogen (secondary N) is 1. The molecule has 1 heterocycles. The highest BCUT2D eigenvalue weighted by Gasteiger charge is 2.36. The van der Waals surface area contributed by atoms with Crippen molar-refractivity contribution in [1.82, 2.24) is 5.32 Å². The van der Waals surface area contributed by atoms with Crippen LogP contribution in [-0.2, 0) is 0 Å². The Kier molecular flexibility index (Phi) is 1.90. The molecule has 1 saturated heterocycles. The molecule has 1 aliphatic heterocycles. The molecule has 2 rings (SSSR count). The van der Waals surface area contributed by atoms with Crippen molar-refractivity contribution in [3.05, 3.63) is 0 Å². The molecule has 2 fully saturated rings. The van der Waals surface area contributed by atoms with Gasteiger partial charge >= 0.3 is 0 Å². The van der Waals surface area contributed by atoms with Gasteiger partial charge in [0.25, 0.3) is 0 Å². The number of hydrogen-bond acceptors (Lipinski definition) is 2. The van der Waals surface area contributed by atoms with Crippen LogP contribution in [-0.4, -0.2) is 23.3 Å². The largest absolute Gasteiger partial charge is 0.393 e. The first kappa shape index (κ1) is 7.56. The Morgan fingerprint density at radius 3 is 2.45 bits per heavy atom. The lowest BCUT2D eigenvalue weighted by atomic mass is 9.79. The van der Waals surface area contributed by atoms with E-state index in [1.54, 1.807) is 0 Å². The van der Waals surface area contributed by atoms with Crippen LogP contribution in [0.2, 0.25) is 0 Å². The van der Waals surface area contributed by atoms with Gasteiger partial charge in [0.05, 0.1) is 6.10 Å². The summed E-state index contributed by atoms with van der Waals surface area (Å²) in [5, 5.41) is 12.9. The van der Waals surface area contributed by atoms with Crippen LogP contribution in [0, 0.1) is 0 Å². The Morgan fingerprint density at radius 2 is 1.91 bits per heavy atom. The van der Waals surface area contributed by atoms with Crippen molar-refractivity contribution in [3.8, 4) is 0 Å². The molecule has 1 spiro atoms. The summed E-state index contributed by atoms with van der Waals surface area (Å²) in [7, 11) is 0. The van der Waals surface area contributed by atoms with Gasteiger partial charge in [-0.25, -0.2) is 0 Å². The first-order valence-electron chi connectivity index (χ1n) is 4.74. The van der Waals surface area contributed by atoms with E-state index in [0.717, 1.165) is 12.8 Å². The van der Waals surface area contributed by atoms with E-state index in [0.29, 0.717) is 5.54 Å². The summed E-state index contributed by atoms with van der Waals surface area (Å²) in [4.78, 5) is 0. The van der Waals surface area contributed by atoms with Gasteiger partial charge in [-0.2, -0.15) is 0 Å². The molecule has 0 unspecified atom stereocenters. The average molecular weight is 155 g/mol. The number of hydrogen-bond donors (Lipinski definition) is 2. The normalized spacial score (nSPS) is 45.0. The minimum absolute atomic E-state index is 0.0111. The van der Waals surface area contributed by atoms with Crippen LogP contribution in [0.3, 0.4) is 0 Å². The standard InChI is InChI=1S/C9H17NO/c11-8-2-5-9(6-3-8)4-1-7-10-9/h8,10-11H,1-7H2/t8-,9-. The van der Waals surface area contributed by atoms with E-state index >= 15 is 0 Å². The van der Waals surface area contributed by atoms with Gasteiger partial charge < -0.3 is 10.4 Å². The molecule has 0 aromatic carbocycles. The maximum Gasteiger partial charge on any atom is 0.0541 e. The fourth-order valence-electron chi connectivity index (χ4n) is 2.45. The monoisotopic (exact) mass is 155 g/mol. The topological polar surface area (TPSA) is 32.3 Å². The van der Waals surface area contributed by atoms with Crippen LogP contribution in [0.5, 0.6) is 0 Å². The second kappa shape index (κ2) is 2.76. The zero-order chi connectivity index (χ0) is 7.73. The smallest absolute Gasteiger partial charge is 0.0541 e. The van der Waals surface area contributed by atoms with Gasteiger partial charge in [-0.3, -0.25) is 0 Å². The molecule has 64 valence electrons. The minimum atomic E-state index is -0.0111. The van der Waals surface area contributed by atoms with E-state index < -0.39 is 0 Å². The molecule has 2 N–H and O–H groups in total. The van der Waals surface area contributed by atoms with Gasteiger partial charge in [-0.05, 0) is 45.1 Å². The van der Waals surface area contributed by atoms with Crippen LogP contribution >= 0.6 is 0 Å². The second-order valence-electron chi connectivity index (χ2n) is 4.04. The van der Waals surface area contributed by atoms with Crippen molar-refractivity contribution in [1.29, 1.82) is 0 Å². The SMILES string of the molecule is O[C@H]1CC[C@@]2(CCCN2)CC1. The molecule has 0 aromatic heterocycles. The van der Waals surface area contributed by atoms with E-state index in [1.807, 2.05) is 0 Å². The molecule has 0 radical (unpaired) electrons. The van der Waals surface area contributed by atoms with Gasteiger partial charge in [0.2, 0.25) is 0 Å². The molecule has 0 amide bonds. The molecule has 2 nitrogen and oxygen atoms in total. The molecule has 0 aromatic rings. The number of aliphatic hydroxyl groups is 1. The number of rotatable bonds is 0. The zero-order valence-electron chi connectivity index (χ0n) is 6.97. The minimum Gasteiger partial charge on any atom is -0.393 e. The summed E-state index contributed by atoms with van der Waals surface area (Å²) in [6.45, 7) is 1.19. The maximum atomic E-state index is 9.33. The fourth-order valence-corrected chi connectivity index (χ4v) is 2.45. The van der Waals surface area contributed by atoms with Crippen molar-refractivity contribution < 1.29 is 5.11 Å². The average Bonchev–Trinajstić information content (AvgIpc) is 2.45. The predicted molar refractivity (Wildman–Crippen MR) is 44.4 cm³/mol. The summed E-state index contributed by atoms with van der Waals surface area (Å²) in [6.07, 6.45) is 7.04. The van der Waals surface area contributed by atoms with E-state index in [1.165, 1.54) is 32.2 Å². The summed E-state index contributed by atoms with van der Waals surface area (Å²) >= 11 is 0. The second-order valence-corrected chi connectivity index (χ2v) is 4.04. The Hall–Kier alpha value is -0.0800. The van der Waals surface area contributed by atoms with Crippen molar-refractivity contribution in [2.45, 2.75) is 50.2 Å². The van der Waals surface area contributed by atoms with Crippen molar-refractivity contribution in [2.75, 3.05) is 6.54 Å². The van der Waals surface area contributed by atoms with Crippen molar-refractivity contribution >= 4 is 0 Å². The Bertz CT molecular complexity index is 130. The van der Waals surface area contributed by atoms with Gasteiger partial charge in [-0.1, -0.05) is 0 Å². The van der Waals surface area contributed by atoms with E-state index in [2.05, 4.69) is 5.32 Å². The Balaban J connectivity index is 1.94. The summed E-state index contributed by atoms with van der Waals surface area (Å²) < 4.78 is 0. The first-order chi connectivity index (χ1) is 5.31. The van der Waals surface area contributed by atoms with Crippen molar-refractivity contribution in [2.24, 2.45) is 0 Å². The van der Waals surface area contributed by atoms with E-state index in [9.17, 15) is 5.11 Å². The predicted octanol–water partition coefficient (Wildman–Crippen LogP) is 1.04. The molecule has 2 aliphatic rings. The lowest BCUT2D eigenvalue weighted by Gasteiger charge is -2.35. The zero-order valence-corrected chi connectivity index (χ0v) is 6.97. The molecule has 2 heteroatoms. The molecule has 1 saturated carbocycles. The lowest BCUT2D eigenvalue weighted by Crippen LogP contribution is -2.43. The van der Waals surface area contributed by atoms with Gasteiger partial charge in [-0.15, -0.1) is 0 Å². The Labute approximate surface area is 68.0 Å². The highest BCUT2D eigenvalue weighted by molar-refractivity contribution is 4.96. The molecule has 1 aliphatic carbocycles. The molecular weight excluding hydrogens is 138 g/mol. The summed E-state index contributed by atoms with van der Waals surface area (Å²) in [5.74, 6) is 0. The number of aliphatic hydroxyl groups excluding tert-OH is 1. The molecule has 0 bridgehead atoms. The van der Waals surface area contributed by atoms with Gasteiger partial charge in [0.15, 0.2) is 0 Å². The van der Waals surface area contributed by atoms with Gasteiger partial charge in [0, 0.05) is 5.54 Å². The van der Waals surface area contributed by atoms with E-state index in [4.69, 9.17) is 0 Å². The summed E-state index contributed by atoms with van der Waals surface area (Å²) in [6, 6.07) is 0. The maximum absolute atomic E-state index is 9.33. The first-order valence-corrected chi connectivity index (χ1v) is 4.74. The summed E-state index contributed by atoms with van der Waals surface area (Å²) in [5.41, 5.74) is 0.444. The van der Waals surface area contributed by atoms with Crippen molar-refractivity contribution in [3.63, 3.8) is 0 Å². The molecular formula is C9H17NO. The van der Waals surface area contributed by atoms with Crippen LogP contribution in [0.4, 0.5) is 0 Å². The third-order valence-corrected chi connectivity index (χ3v) is 3.24. The molecule has 0 atom stereocenters. The third kappa shape index (κ3) is 1.42. The van der Waals surface area contributed by atoms with Crippen LogP contribution in [0.1, 0.15) is 38.5 Å². The lowest BCUT2D eigenvalue weighted by molar-refractivity contribution is 0.0906. The van der Waals surface area contributed by atoms with Crippen LogP contribution in [0.15, 0.2) is 0 Å². The Morgan fingerprint density at radius 1 is 1.18 bits per heavy atom. The quantitative estimate of drug-likeness (QED) is 0.548. The van der Waals surface area contributed by atoms with Crippen LogP contribution < -0.4 is 5.32 Å². The van der Waals surface area contributed by atoms with E-state index in [-0.39, 0.29) is 6.10 Å².